The van der Waals surface area contributed by atoms with Gasteiger partial charge in [-0.25, -0.2) is 0 Å². The molecular formula is C26H26N4O5. The van der Waals surface area contributed by atoms with Crippen LogP contribution < -0.4 is 20.3 Å². The van der Waals surface area contributed by atoms with Gasteiger partial charge in [-0.3, -0.25) is 9.59 Å². The second kappa shape index (κ2) is 9.84. The van der Waals surface area contributed by atoms with Gasteiger partial charge in [-0.05, 0) is 44.5 Å². The lowest BCUT2D eigenvalue weighted by Gasteiger charge is -2.15. The molecule has 180 valence electrons. The number of nitrogens with zero attached hydrogens (tertiary/aromatic N) is 3. The Morgan fingerprint density at radius 1 is 1.03 bits per heavy atom. The summed E-state index contributed by atoms with van der Waals surface area (Å²) in [6, 6.07) is 14.6. The SMILES string of the molecule is COc1ccc(OC)c(NC(=O)Cn2c(C)cc(C)c(-c3nc(-c4ccc(C)cc4)no3)c2=O)c1. The second-order valence-electron chi connectivity index (χ2n) is 8.14. The molecule has 1 N–H and O–H groups in total. The number of aromatic nitrogens is 3. The van der Waals surface area contributed by atoms with E-state index in [1.54, 1.807) is 32.0 Å². The summed E-state index contributed by atoms with van der Waals surface area (Å²) in [5.41, 5.74) is 3.50. The summed E-state index contributed by atoms with van der Waals surface area (Å²) in [6.45, 7) is 5.34. The Labute approximate surface area is 202 Å². The predicted molar refractivity (Wildman–Crippen MR) is 132 cm³/mol. The van der Waals surface area contributed by atoms with Crippen LogP contribution in [0.3, 0.4) is 0 Å². The Balaban J connectivity index is 1.64. The Hall–Kier alpha value is -4.40. The average Bonchev–Trinajstić information content (AvgIpc) is 3.31. The van der Waals surface area contributed by atoms with E-state index in [2.05, 4.69) is 15.5 Å². The molecule has 4 aromatic rings. The maximum Gasteiger partial charge on any atom is 0.264 e. The van der Waals surface area contributed by atoms with Gasteiger partial charge in [-0.2, -0.15) is 4.98 Å². The number of benzene rings is 2. The van der Waals surface area contributed by atoms with Crippen LogP contribution in [0.25, 0.3) is 22.8 Å². The van der Waals surface area contributed by atoms with Crippen molar-refractivity contribution in [2.45, 2.75) is 27.3 Å². The zero-order valence-corrected chi connectivity index (χ0v) is 20.2. The van der Waals surface area contributed by atoms with E-state index < -0.39 is 11.5 Å². The first-order valence-electron chi connectivity index (χ1n) is 10.9. The van der Waals surface area contributed by atoms with E-state index >= 15 is 0 Å². The molecule has 9 heteroatoms. The Morgan fingerprint density at radius 3 is 2.46 bits per heavy atom. The van der Waals surface area contributed by atoms with E-state index in [0.29, 0.717) is 34.3 Å². The molecule has 0 atom stereocenters. The molecular weight excluding hydrogens is 448 g/mol. The van der Waals surface area contributed by atoms with E-state index in [0.717, 1.165) is 11.1 Å². The maximum absolute atomic E-state index is 13.4. The molecule has 1 amide bonds. The third kappa shape index (κ3) is 4.93. The first-order valence-corrected chi connectivity index (χ1v) is 10.9. The molecule has 0 aliphatic carbocycles. The lowest BCUT2D eigenvalue weighted by molar-refractivity contribution is -0.116. The molecule has 0 aliphatic heterocycles. The summed E-state index contributed by atoms with van der Waals surface area (Å²) < 4.78 is 17.4. The number of carbonyl (C=O) groups excluding carboxylic acids is 1. The van der Waals surface area contributed by atoms with Crippen molar-refractivity contribution in [3.8, 4) is 34.3 Å². The van der Waals surface area contributed by atoms with Gasteiger partial charge in [-0.15, -0.1) is 0 Å². The maximum atomic E-state index is 13.4. The smallest absolute Gasteiger partial charge is 0.264 e. The molecule has 4 rings (SSSR count). The van der Waals surface area contributed by atoms with Crippen molar-refractivity contribution >= 4 is 11.6 Å². The van der Waals surface area contributed by atoms with Crippen LogP contribution >= 0.6 is 0 Å². The van der Waals surface area contributed by atoms with E-state index in [9.17, 15) is 9.59 Å². The highest BCUT2D eigenvalue weighted by molar-refractivity contribution is 5.92. The van der Waals surface area contributed by atoms with Crippen LogP contribution in [-0.4, -0.2) is 34.8 Å². The highest BCUT2D eigenvalue weighted by Gasteiger charge is 2.20. The monoisotopic (exact) mass is 474 g/mol. The number of hydrogen-bond donors (Lipinski definition) is 1. The molecule has 0 aliphatic rings. The molecule has 2 heterocycles. The lowest BCUT2D eigenvalue weighted by Crippen LogP contribution is -2.30. The first-order chi connectivity index (χ1) is 16.8. The standard InChI is InChI=1S/C26H26N4O5/c1-15-6-8-18(9-7-15)24-28-25(35-29-24)23-16(2)12-17(3)30(26(23)32)14-22(31)27-20-13-19(33-4)10-11-21(20)34-5/h6-13H,14H2,1-5H3,(H,27,31). The number of pyridine rings is 1. The molecule has 2 aromatic heterocycles. The average molecular weight is 475 g/mol. The lowest BCUT2D eigenvalue weighted by atomic mass is 10.1. The Morgan fingerprint density at radius 2 is 1.77 bits per heavy atom. The minimum absolute atomic E-state index is 0.103. The van der Waals surface area contributed by atoms with Gasteiger partial charge in [0.15, 0.2) is 0 Å². The van der Waals surface area contributed by atoms with E-state index in [1.807, 2.05) is 37.3 Å². The number of methoxy groups -OCH3 is 2. The van der Waals surface area contributed by atoms with Crippen molar-refractivity contribution in [1.82, 2.24) is 14.7 Å². The minimum Gasteiger partial charge on any atom is -0.497 e. The van der Waals surface area contributed by atoms with Crippen LogP contribution in [0.4, 0.5) is 5.69 Å². The van der Waals surface area contributed by atoms with Crippen LogP contribution in [-0.2, 0) is 11.3 Å². The van der Waals surface area contributed by atoms with Gasteiger partial charge in [0.2, 0.25) is 11.7 Å². The second-order valence-corrected chi connectivity index (χ2v) is 8.14. The molecule has 0 fully saturated rings. The number of aryl methyl sites for hydroxylation is 3. The summed E-state index contributed by atoms with van der Waals surface area (Å²) in [5, 5.41) is 6.83. The molecule has 0 saturated carbocycles. The zero-order chi connectivity index (χ0) is 25.1. The number of anilines is 1. The Kier molecular flexibility index (Phi) is 6.68. The summed E-state index contributed by atoms with van der Waals surface area (Å²) in [7, 11) is 3.04. The number of carbonyl (C=O) groups is 1. The van der Waals surface area contributed by atoms with Gasteiger partial charge < -0.3 is 23.9 Å². The number of hydrogen-bond acceptors (Lipinski definition) is 7. The molecule has 2 aromatic carbocycles. The molecule has 0 unspecified atom stereocenters. The number of rotatable bonds is 7. The first kappa shape index (κ1) is 23.7. The van der Waals surface area contributed by atoms with Crippen molar-refractivity contribution < 1.29 is 18.8 Å². The molecule has 35 heavy (non-hydrogen) atoms. The zero-order valence-electron chi connectivity index (χ0n) is 20.2. The fraction of sp³-hybridized carbons (Fsp3) is 0.231. The fourth-order valence-corrected chi connectivity index (χ4v) is 3.77. The van der Waals surface area contributed by atoms with Crippen molar-refractivity contribution in [3.05, 3.63) is 75.7 Å². The highest BCUT2D eigenvalue weighted by Crippen LogP contribution is 2.29. The van der Waals surface area contributed by atoms with Gasteiger partial charge in [0, 0.05) is 17.3 Å². The molecule has 9 nitrogen and oxygen atoms in total. The van der Waals surface area contributed by atoms with Gasteiger partial charge in [0.05, 0.1) is 19.9 Å². The number of nitrogens with one attached hydrogen (secondary N) is 1. The van der Waals surface area contributed by atoms with Crippen molar-refractivity contribution in [2.24, 2.45) is 0 Å². The van der Waals surface area contributed by atoms with Gasteiger partial charge in [0.1, 0.15) is 23.6 Å². The molecule has 0 spiro atoms. The normalized spacial score (nSPS) is 10.8. The summed E-state index contributed by atoms with van der Waals surface area (Å²) in [6.07, 6.45) is 0. The van der Waals surface area contributed by atoms with Gasteiger partial charge >= 0.3 is 0 Å². The van der Waals surface area contributed by atoms with Crippen molar-refractivity contribution in [1.29, 1.82) is 0 Å². The minimum atomic E-state index is -0.401. The van der Waals surface area contributed by atoms with Crippen LogP contribution in [0.2, 0.25) is 0 Å². The number of amides is 1. The molecule has 0 saturated heterocycles. The van der Waals surface area contributed by atoms with Crippen LogP contribution in [0, 0.1) is 20.8 Å². The van der Waals surface area contributed by atoms with Crippen LogP contribution in [0.1, 0.15) is 16.8 Å². The Bertz CT molecular complexity index is 1440. The quantitative estimate of drug-likeness (QED) is 0.429. The molecule has 0 bridgehead atoms. The third-order valence-electron chi connectivity index (χ3n) is 5.64. The summed E-state index contributed by atoms with van der Waals surface area (Å²) in [4.78, 5) is 30.7. The van der Waals surface area contributed by atoms with Gasteiger partial charge in [-0.1, -0.05) is 35.0 Å². The topological polar surface area (TPSA) is 108 Å². The van der Waals surface area contributed by atoms with Crippen LogP contribution in [0.5, 0.6) is 11.5 Å². The third-order valence-corrected chi connectivity index (χ3v) is 5.64. The van der Waals surface area contributed by atoms with E-state index in [-0.39, 0.29) is 18.0 Å². The van der Waals surface area contributed by atoms with Crippen molar-refractivity contribution in [3.63, 3.8) is 0 Å². The summed E-state index contributed by atoms with van der Waals surface area (Å²) >= 11 is 0. The van der Waals surface area contributed by atoms with Crippen LogP contribution in [0.15, 0.2) is 57.8 Å². The fourth-order valence-electron chi connectivity index (χ4n) is 3.77. The largest absolute Gasteiger partial charge is 0.497 e. The predicted octanol–water partition coefficient (Wildman–Crippen LogP) is 4.15. The highest BCUT2D eigenvalue weighted by atomic mass is 16.5. The summed E-state index contributed by atoms with van der Waals surface area (Å²) in [5.74, 6) is 1.12. The number of ether oxygens (including phenoxy) is 2. The van der Waals surface area contributed by atoms with Gasteiger partial charge in [0.25, 0.3) is 11.4 Å². The molecule has 0 radical (unpaired) electrons. The van der Waals surface area contributed by atoms with E-state index in [4.69, 9.17) is 14.0 Å². The van der Waals surface area contributed by atoms with Crippen molar-refractivity contribution in [2.75, 3.05) is 19.5 Å². The van der Waals surface area contributed by atoms with E-state index in [1.165, 1.54) is 18.8 Å².